The summed E-state index contributed by atoms with van der Waals surface area (Å²) in [5.41, 5.74) is 0. The molecule has 1 N–H and O–H groups in total. The van der Waals surface area contributed by atoms with Crippen molar-refractivity contribution in [2.45, 2.75) is 64.3 Å². The quantitative estimate of drug-likeness (QED) is 0.854. The summed E-state index contributed by atoms with van der Waals surface area (Å²) in [5, 5.41) is 11.7. The molecule has 0 bridgehead atoms. The third-order valence-corrected chi connectivity index (χ3v) is 3.48. The number of nitrogens with zero attached hydrogens (tertiary/aromatic N) is 2. The van der Waals surface area contributed by atoms with Crippen molar-refractivity contribution in [1.29, 1.82) is 0 Å². The molecule has 0 amide bonds. The summed E-state index contributed by atoms with van der Waals surface area (Å²) in [7, 11) is 0. The first kappa shape index (κ1) is 12.6. The van der Waals surface area contributed by atoms with Gasteiger partial charge in [0.1, 0.15) is 0 Å². The van der Waals surface area contributed by atoms with E-state index >= 15 is 0 Å². The first-order valence-electron chi connectivity index (χ1n) is 6.88. The SMILES string of the molecule is CCCNC(C)c1nnc(C2CCCCC2)o1. The van der Waals surface area contributed by atoms with E-state index in [4.69, 9.17) is 4.42 Å². The van der Waals surface area contributed by atoms with Crippen LogP contribution in [0, 0.1) is 0 Å². The summed E-state index contributed by atoms with van der Waals surface area (Å²) < 4.78 is 5.80. The highest BCUT2D eigenvalue weighted by Crippen LogP contribution is 2.32. The second kappa shape index (κ2) is 6.15. The molecule has 1 atom stereocenters. The molecule has 96 valence electrons. The maximum atomic E-state index is 5.80. The molecular weight excluding hydrogens is 214 g/mol. The van der Waals surface area contributed by atoms with Crippen LogP contribution in [-0.2, 0) is 0 Å². The van der Waals surface area contributed by atoms with Crippen LogP contribution < -0.4 is 5.32 Å². The fourth-order valence-electron chi connectivity index (χ4n) is 2.38. The zero-order chi connectivity index (χ0) is 12.1. The Bertz CT molecular complexity index is 331. The van der Waals surface area contributed by atoms with E-state index in [0.29, 0.717) is 5.92 Å². The molecule has 1 aliphatic carbocycles. The van der Waals surface area contributed by atoms with Gasteiger partial charge in [-0.05, 0) is 32.7 Å². The van der Waals surface area contributed by atoms with Gasteiger partial charge < -0.3 is 9.73 Å². The lowest BCUT2D eigenvalue weighted by molar-refractivity contribution is 0.334. The monoisotopic (exact) mass is 237 g/mol. The Morgan fingerprint density at radius 3 is 2.76 bits per heavy atom. The Morgan fingerprint density at radius 2 is 2.06 bits per heavy atom. The molecule has 1 saturated carbocycles. The highest BCUT2D eigenvalue weighted by Gasteiger charge is 2.22. The first-order chi connectivity index (χ1) is 8.31. The highest BCUT2D eigenvalue weighted by molar-refractivity contribution is 4.95. The van der Waals surface area contributed by atoms with Gasteiger partial charge >= 0.3 is 0 Å². The minimum atomic E-state index is 0.166. The Labute approximate surface area is 103 Å². The zero-order valence-electron chi connectivity index (χ0n) is 10.9. The lowest BCUT2D eigenvalue weighted by Crippen LogP contribution is -2.19. The highest BCUT2D eigenvalue weighted by atomic mass is 16.4. The van der Waals surface area contributed by atoms with Gasteiger partial charge in [-0.15, -0.1) is 10.2 Å². The van der Waals surface area contributed by atoms with Gasteiger partial charge in [0.2, 0.25) is 11.8 Å². The molecule has 0 aliphatic heterocycles. The Morgan fingerprint density at radius 1 is 1.29 bits per heavy atom. The molecule has 2 rings (SSSR count). The minimum absolute atomic E-state index is 0.166. The van der Waals surface area contributed by atoms with Crippen molar-refractivity contribution in [2.75, 3.05) is 6.54 Å². The summed E-state index contributed by atoms with van der Waals surface area (Å²) in [4.78, 5) is 0. The van der Waals surface area contributed by atoms with Crippen molar-refractivity contribution in [3.63, 3.8) is 0 Å². The van der Waals surface area contributed by atoms with Crippen LogP contribution in [0.25, 0.3) is 0 Å². The summed E-state index contributed by atoms with van der Waals surface area (Å²) in [6.07, 6.45) is 7.48. The third-order valence-electron chi connectivity index (χ3n) is 3.48. The van der Waals surface area contributed by atoms with Gasteiger partial charge in [-0.2, -0.15) is 0 Å². The summed E-state index contributed by atoms with van der Waals surface area (Å²) in [6, 6.07) is 0.166. The maximum absolute atomic E-state index is 5.80. The Balaban J connectivity index is 1.94. The molecule has 4 nitrogen and oxygen atoms in total. The van der Waals surface area contributed by atoms with E-state index in [-0.39, 0.29) is 6.04 Å². The fourth-order valence-corrected chi connectivity index (χ4v) is 2.38. The second-order valence-corrected chi connectivity index (χ2v) is 4.99. The zero-order valence-corrected chi connectivity index (χ0v) is 10.9. The maximum Gasteiger partial charge on any atom is 0.233 e. The molecule has 0 radical (unpaired) electrons. The van der Waals surface area contributed by atoms with Crippen LogP contribution in [0.1, 0.15) is 76.1 Å². The summed E-state index contributed by atoms with van der Waals surface area (Å²) in [6.45, 7) is 5.22. The van der Waals surface area contributed by atoms with E-state index in [1.54, 1.807) is 0 Å². The number of aromatic nitrogens is 2. The molecule has 0 saturated heterocycles. The van der Waals surface area contributed by atoms with Crippen molar-refractivity contribution in [3.05, 3.63) is 11.8 Å². The van der Waals surface area contributed by atoms with Gasteiger partial charge in [0, 0.05) is 5.92 Å². The van der Waals surface area contributed by atoms with Gasteiger partial charge in [0.25, 0.3) is 0 Å². The second-order valence-electron chi connectivity index (χ2n) is 4.99. The molecular formula is C13H23N3O. The van der Waals surface area contributed by atoms with Crippen LogP contribution in [0.5, 0.6) is 0 Å². The van der Waals surface area contributed by atoms with Crippen LogP contribution in [0.2, 0.25) is 0 Å². The molecule has 1 aromatic heterocycles. The average molecular weight is 237 g/mol. The van der Waals surface area contributed by atoms with E-state index in [1.807, 2.05) is 0 Å². The van der Waals surface area contributed by atoms with Crippen LogP contribution in [0.4, 0.5) is 0 Å². The normalized spacial score (nSPS) is 19.4. The molecule has 1 unspecified atom stereocenters. The summed E-state index contributed by atoms with van der Waals surface area (Å²) >= 11 is 0. The lowest BCUT2D eigenvalue weighted by atomic mass is 9.89. The van der Waals surface area contributed by atoms with Crippen LogP contribution in [-0.4, -0.2) is 16.7 Å². The molecule has 1 heterocycles. The van der Waals surface area contributed by atoms with Crippen molar-refractivity contribution < 1.29 is 4.42 Å². The third kappa shape index (κ3) is 3.28. The molecule has 0 aromatic carbocycles. The van der Waals surface area contributed by atoms with Gasteiger partial charge in [-0.3, -0.25) is 0 Å². The molecule has 17 heavy (non-hydrogen) atoms. The van der Waals surface area contributed by atoms with E-state index in [9.17, 15) is 0 Å². The van der Waals surface area contributed by atoms with E-state index in [2.05, 4.69) is 29.4 Å². The number of hydrogen-bond donors (Lipinski definition) is 1. The largest absolute Gasteiger partial charge is 0.423 e. The molecule has 0 spiro atoms. The molecule has 1 aromatic rings. The molecule has 1 fully saturated rings. The van der Waals surface area contributed by atoms with Gasteiger partial charge in [0.05, 0.1) is 6.04 Å². The van der Waals surface area contributed by atoms with Gasteiger partial charge in [-0.25, -0.2) is 0 Å². The van der Waals surface area contributed by atoms with E-state index < -0.39 is 0 Å². The van der Waals surface area contributed by atoms with Crippen LogP contribution in [0.15, 0.2) is 4.42 Å². The number of nitrogens with one attached hydrogen (secondary N) is 1. The Kier molecular flexibility index (Phi) is 4.54. The average Bonchev–Trinajstić information content (AvgIpc) is 2.86. The van der Waals surface area contributed by atoms with Crippen LogP contribution >= 0.6 is 0 Å². The van der Waals surface area contributed by atoms with Gasteiger partial charge in [0.15, 0.2) is 0 Å². The van der Waals surface area contributed by atoms with Crippen molar-refractivity contribution in [1.82, 2.24) is 15.5 Å². The molecule has 4 heteroatoms. The van der Waals surface area contributed by atoms with Crippen molar-refractivity contribution >= 4 is 0 Å². The van der Waals surface area contributed by atoms with Crippen molar-refractivity contribution in [3.8, 4) is 0 Å². The standard InChI is InChI=1S/C13H23N3O/c1-3-9-14-10(2)12-15-16-13(17-12)11-7-5-4-6-8-11/h10-11,14H,3-9H2,1-2H3. The Hall–Kier alpha value is -0.900. The minimum Gasteiger partial charge on any atom is -0.423 e. The fraction of sp³-hybridized carbons (Fsp3) is 0.846. The molecule has 1 aliphatic rings. The predicted octanol–water partition coefficient (Wildman–Crippen LogP) is 3.18. The topological polar surface area (TPSA) is 51.0 Å². The van der Waals surface area contributed by atoms with Crippen molar-refractivity contribution in [2.24, 2.45) is 0 Å². The first-order valence-corrected chi connectivity index (χ1v) is 6.88. The van der Waals surface area contributed by atoms with E-state index in [1.165, 1.54) is 32.1 Å². The smallest absolute Gasteiger partial charge is 0.233 e. The lowest BCUT2D eigenvalue weighted by Gasteiger charge is -2.17. The predicted molar refractivity (Wildman–Crippen MR) is 66.8 cm³/mol. The number of rotatable bonds is 5. The van der Waals surface area contributed by atoms with Gasteiger partial charge in [-0.1, -0.05) is 26.2 Å². The summed E-state index contributed by atoms with van der Waals surface area (Å²) in [5.74, 6) is 2.09. The van der Waals surface area contributed by atoms with Crippen LogP contribution in [0.3, 0.4) is 0 Å². The number of hydrogen-bond acceptors (Lipinski definition) is 4. The van der Waals surface area contributed by atoms with E-state index in [0.717, 1.165) is 24.7 Å².